The smallest absolute Gasteiger partial charge is 0.228 e. The zero-order valence-electron chi connectivity index (χ0n) is 21.0. The van der Waals surface area contributed by atoms with Crippen molar-refractivity contribution in [2.75, 3.05) is 38.0 Å². The van der Waals surface area contributed by atoms with Crippen LogP contribution in [0.25, 0.3) is 11.4 Å². The Bertz CT molecular complexity index is 1140. The summed E-state index contributed by atoms with van der Waals surface area (Å²) in [7, 11) is 0. The maximum absolute atomic E-state index is 4.96. The molecule has 180 valence electrons. The van der Waals surface area contributed by atoms with Crippen LogP contribution in [0.3, 0.4) is 0 Å². The topological polar surface area (TPSA) is 75.0 Å². The fraction of sp³-hybridized carbons (Fsp3) is 0.538. The molecule has 0 atom stereocenters. The van der Waals surface area contributed by atoms with E-state index in [4.69, 9.17) is 9.97 Å². The largest absolute Gasteiger partial charge is 0.324 e. The second-order valence-corrected chi connectivity index (χ2v) is 10.0. The predicted molar refractivity (Wildman–Crippen MR) is 135 cm³/mol. The molecule has 34 heavy (non-hydrogen) atoms. The Morgan fingerprint density at radius 2 is 1.71 bits per heavy atom. The minimum absolute atomic E-state index is 0.324. The van der Waals surface area contributed by atoms with Crippen molar-refractivity contribution >= 4 is 11.8 Å². The molecule has 8 heteroatoms. The van der Waals surface area contributed by atoms with Crippen molar-refractivity contribution in [2.45, 2.75) is 59.5 Å². The lowest BCUT2D eigenvalue weighted by Crippen LogP contribution is -2.45. The summed E-state index contributed by atoms with van der Waals surface area (Å²) in [4.78, 5) is 24.1. The van der Waals surface area contributed by atoms with E-state index in [0.717, 1.165) is 80.0 Å². The molecule has 0 saturated carbocycles. The Morgan fingerprint density at radius 1 is 0.941 bits per heavy atom. The van der Waals surface area contributed by atoms with Gasteiger partial charge in [-0.25, -0.2) is 19.9 Å². The summed E-state index contributed by atoms with van der Waals surface area (Å²) in [5.74, 6) is 2.84. The first-order chi connectivity index (χ1) is 16.4. The number of hydrogen-bond donors (Lipinski definition) is 1. The van der Waals surface area contributed by atoms with Crippen LogP contribution in [-0.4, -0.2) is 67.0 Å². The van der Waals surface area contributed by atoms with Crippen molar-refractivity contribution in [3.05, 3.63) is 47.2 Å². The van der Waals surface area contributed by atoms with E-state index in [-0.39, 0.29) is 0 Å². The van der Waals surface area contributed by atoms with E-state index in [2.05, 4.69) is 70.3 Å². The molecule has 0 spiro atoms. The van der Waals surface area contributed by atoms with Gasteiger partial charge in [-0.2, -0.15) is 0 Å². The van der Waals surface area contributed by atoms with Crippen LogP contribution < -0.4 is 5.32 Å². The number of aromatic nitrogens is 5. The van der Waals surface area contributed by atoms with Gasteiger partial charge in [0, 0.05) is 69.1 Å². The summed E-state index contributed by atoms with van der Waals surface area (Å²) in [6.45, 7) is 17.7. The van der Waals surface area contributed by atoms with Crippen LogP contribution in [0.15, 0.2) is 24.5 Å². The minimum Gasteiger partial charge on any atom is -0.324 e. The summed E-state index contributed by atoms with van der Waals surface area (Å²) >= 11 is 0. The van der Waals surface area contributed by atoms with Crippen molar-refractivity contribution in [2.24, 2.45) is 0 Å². The maximum atomic E-state index is 4.96. The third-order valence-corrected chi connectivity index (χ3v) is 6.87. The summed E-state index contributed by atoms with van der Waals surface area (Å²) < 4.78 is 2.34. The van der Waals surface area contributed by atoms with Crippen LogP contribution in [0.4, 0.5) is 11.8 Å². The van der Waals surface area contributed by atoms with Gasteiger partial charge in [-0.1, -0.05) is 26.8 Å². The number of nitrogens with zero attached hydrogens (tertiary/aromatic N) is 7. The van der Waals surface area contributed by atoms with Gasteiger partial charge in [0.1, 0.15) is 11.6 Å². The third-order valence-electron chi connectivity index (χ3n) is 6.87. The van der Waals surface area contributed by atoms with Gasteiger partial charge < -0.3 is 14.8 Å². The molecule has 2 aliphatic rings. The third kappa shape index (κ3) is 4.44. The highest BCUT2D eigenvalue weighted by molar-refractivity contribution is 5.71. The Balaban J connectivity index is 1.31. The number of nitrogens with one attached hydrogen (secondary N) is 1. The van der Waals surface area contributed by atoms with E-state index in [1.807, 2.05) is 18.5 Å². The molecule has 0 bridgehead atoms. The number of anilines is 2. The quantitative estimate of drug-likeness (QED) is 0.442. The van der Waals surface area contributed by atoms with E-state index >= 15 is 0 Å². The molecule has 1 saturated heterocycles. The number of hydrogen-bond acceptors (Lipinski definition) is 7. The van der Waals surface area contributed by atoms with Gasteiger partial charge >= 0.3 is 0 Å². The zero-order valence-corrected chi connectivity index (χ0v) is 21.0. The van der Waals surface area contributed by atoms with Crippen LogP contribution in [0, 0.1) is 0 Å². The second-order valence-electron chi connectivity index (χ2n) is 10.0. The van der Waals surface area contributed by atoms with E-state index in [1.54, 1.807) is 0 Å². The molecule has 1 fully saturated rings. The fourth-order valence-corrected chi connectivity index (χ4v) is 5.01. The number of fused-ring (bicyclic) bond motifs is 3. The van der Waals surface area contributed by atoms with Gasteiger partial charge in [0.05, 0.1) is 17.1 Å². The van der Waals surface area contributed by atoms with Crippen LogP contribution in [0.1, 0.15) is 69.2 Å². The van der Waals surface area contributed by atoms with Crippen molar-refractivity contribution in [3.63, 3.8) is 0 Å². The molecule has 1 N–H and O–H groups in total. The Labute approximate surface area is 202 Å². The average Bonchev–Trinajstić information content (AvgIpc) is 3.37. The van der Waals surface area contributed by atoms with Gasteiger partial charge in [0.2, 0.25) is 5.95 Å². The first-order valence-corrected chi connectivity index (χ1v) is 12.6. The molecular weight excluding hydrogens is 424 g/mol. The van der Waals surface area contributed by atoms with Gasteiger partial charge in [-0.15, -0.1) is 0 Å². The lowest BCUT2D eigenvalue weighted by molar-refractivity contribution is 0.132. The molecule has 1 aliphatic heterocycles. The monoisotopic (exact) mass is 460 g/mol. The van der Waals surface area contributed by atoms with Crippen LogP contribution in [0.2, 0.25) is 0 Å². The summed E-state index contributed by atoms with van der Waals surface area (Å²) in [5, 5.41) is 3.30. The molecule has 1 aliphatic carbocycles. The van der Waals surface area contributed by atoms with E-state index < -0.39 is 0 Å². The van der Waals surface area contributed by atoms with E-state index in [1.165, 1.54) is 5.56 Å². The second kappa shape index (κ2) is 9.43. The molecule has 0 amide bonds. The highest BCUT2D eigenvalue weighted by Gasteiger charge is 2.30. The minimum atomic E-state index is 0.324. The lowest BCUT2D eigenvalue weighted by atomic mass is 10.2. The van der Waals surface area contributed by atoms with Gasteiger partial charge in [-0.05, 0) is 32.0 Å². The maximum Gasteiger partial charge on any atom is 0.228 e. The highest BCUT2D eigenvalue weighted by Crippen LogP contribution is 2.39. The van der Waals surface area contributed by atoms with Crippen molar-refractivity contribution in [1.29, 1.82) is 0 Å². The molecule has 3 aromatic heterocycles. The number of likely N-dealkylation sites (N-methyl/N-ethyl adjacent to an activating group) is 1. The summed E-state index contributed by atoms with van der Waals surface area (Å²) in [6.07, 6.45) is 4.68. The molecule has 0 aromatic carbocycles. The first-order valence-electron chi connectivity index (χ1n) is 12.6. The van der Waals surface area contributed by atoms with Gasteiger partial charge in [0.25, 0.3) is 0 Å². The van der Waals surface area contributed by atoms with Gasteiger partial charge in [0.15, 0.2) is 0 Å². The molecule has 8 nitrogen and oxygen atoms in total. The number of pyridine rings is 1. The van der Waals surface area contributed by atoms with Crippen LogP contribution in [0.5, 0.6) is 0 Å². The van der Waals surface area contributed by atoms with Crippen LogP contribution >= 0.6 is 0 Å². The fourth-order valence-electron chi connectivity index (χ4n) is 5.01. The van der Waals surface area contributed by atoms with Crippen molar-refractivity contribution in [1.82, 2.24) is 34.3 Å². The lowest BCUT2D eigenvalue weighted by Gasteiger charge is -2.33. The Hall–Kier alpha value is -2.84. The molecule has 5 rings (SSSR count). The Kier molecular flexibility index (Phi) is 6.36. The van der Waals surface area contributed by atoms with E-state index in [9.17, 15) is 0 Å². The standard InChI is InChI=1S/C26H36N8/c1-6-32-9-11-33(12-10-32)16-19-7-8-22(27-14-19)30-26-28-15-20-13-21-24(23(20)31-26)34(18(4)5)25(29-21)17(2)3/h7-8,14-15,17-18H,6,9-13,16H2,1-5H3,(H,27,28,30,31). The number of piperazine rings is 1. The van der Waals surface area contributed by atoms with Crippen molar-refractivity contribution in [3.8, 4) is 11.4 Å². The number of rotatable bonds is 7. The van der Waals surface area contributed by atoms with Crippen molar-refractivity contribution < 1.29 is 0 Å². The molecule has 3 aromatic rings. The normalized spacial score (nSPS) is 16.3. The van der Waals surface area contributed by atoms with E-state index in [0.29, 0.717) is 17.9 Å². The molecular formula is C26H36N8. The Morgan fingerprint density at radius 3 is 2.35 bits per heavy atom. The summed E-state index contributed by atoms with van der Waals surface area (Å²) in [6, 6.07) is 4.50. The van der Waals surface area contributed by atoms with Gasteiger partial charge in [-0.3, -0.25) is 4.90 Å². The first kappa shape index (κ1) is 22.9. The summed E-state index contributed by atoms with van der Waals surface area (Å²) in [5.41, 5.74) is 5.62. The SMILES string of the molecule is CCN1CCN(Cc2ccc(Nc3ncc4c(n3)-c3c(nc(C(C)C)n3C(C)C)C4)nc2)CC1. The van der Waals surface area contributed by atoms with Crippen LogP contribution in [-0.2, 0) is 13.0 Å². The molecule has 4 heterocycles. The average molecular weight is 461 g/mol. The molecule has 0 radical (unpaired) electrons. The zero-order chi connectivity index (χ0) is 23.8. The predicted octanol–water partition coefficient (Wildman–Crippen LogP) is 4.22. The molecule has 0 unspecified atom stereocenters. The number of imidazole rings is 1. The highest BCUT2D eigenvalue weighted by atomic mass is 15.3.